The van der Waals surface area contributed by atoms with Crippen LogP contribution in [0.2, 0.25) is 0 Å². The highest BCUT2D eigenvalue weighted by molar-refractivity contribution is 5.46. The molecule has 0 fully saturated rings. The average molecular weight is 159 g/mol. The highest BCUT2D eigenvalue weighted by Crippen LogP contribution is 2.05. The molecule has 0 radical (unpaired) electrons. The molecule has 0 aromatic rings. The van der Waals surface area contributed by atoms with E-state index in [0.717, 1.165) is 4.74 Å². The predicted octanol–water partition coefficient (Wildman–Crippen LogP) is 1.26. The molecular formula is C8H17NO2. The number of rotatable bonds is 4. The fourth-order valence-electron chi connectivity index (χ4n) is 0.922. The van der Waals surface area contributed by atoms with Crippen LogP contribution in [-0.2, 0) is 4.74 Å². The monoisotopic (exact) mass is 159 g/mol. The molecule has 0 aliphatic carbocycles. The molecular weight excluding hydrogens is 142 g/mol. The van der Waals surface area contributed by atoms with E-state index in [1.165, 1.54) is 6.21 Å². The quantitative estimate of drug-likeness (QED) is 0.268. The number of hydroxylamine groups is 1. The first-order chi connectivity index (χ1) is 5.13. The number of methoxy groups -OCH3 is 1. The van der Waals surface area contributed by atoms with Crippen LogP contribution < -0.4 is 0 Å². The predicted molar refractivity (Wildman–Crippen MR) is 45.9 cm³/mol. The second-order valence-corrected chi connectivity index (χ2v) is 2.88. The Kier molecular flexibility index (Phi) is 4.86. The summed E-state index contributed by atoms with van der Waals surface area (Å²) in [5.41, 5.74) is 0. The second kappa shape index (κ2) is 5.13. The van der Waals surface area contributed by atoms with Gasteiger partial charge in [0.2, 0.25) is 0 Å². The van der Waals surface area contributed by atoms with Crippen molar-refractivity contribution in [2.75, 3.05) is 13.7 Å². The van der Waals surface area contributed by atoms with Crippen molar-refractivity contribution in [3.05, 3.63) is 5.21 Å². The Morgan fingerprint density at radius 1 is 1.55 bits per heavy atom. The average Bonchev–Trinajstić information content (AvgIpc) is 1.98. The Bertz CT molecular complexity index is 132. The van der Waals surface area contributed by atoms with Gasteiger partial charge in [-0.2, -0.15) is 0 Å². The Labute approximate surface area is 68.3 Å². The van der Waals surface area contributed by atoms with Gasteiger partial charge in [0.15, 0.2) is 6.04 Å². The Morgan fingerprint density at radius 3 is 2.36 bits per heavy atom. The number of ether oxygens (including phenoxy) is 1. The van der Waals surface area contributed by atoms with E-state index in [1.807, 2.05) is 13.8 Å². The largest absolute Gasteiger partial charge is 0.624 e. The minimum absolute atomic E-state index is 0.0509. The summed E-state index contributed by atoms with van der Waals surface area (Å²) >= 11 is 0. The zero-order valence-electron chi connectivity index (χ0n) is 7.70. The Balaban J connectivity index is 4.10. The summed E-state index contributed by atoms with van der Waals surface area (Å²) in [7, 11) is 1.61. The fourth-order valence-corrected chi connectivity index (χ4v) is 0.922. The van der Waals surface area contributed by atoms with Gasteiger partial charge in [0.05, 0.1) is 0 Å². The smallest absolute Gasteiger partial charge is 0.188 e. The second-order valence-electron chi connectivity index (χ2n) is 2.88. The number of hydrogen-bond donors (Lipinski definition) is 0. The van der Waals surface area contributed by atoms with Crippen LogP contribution in [-0.4, -0.2) is 30.7 Å². The van der Waals surface area contributed by atoms with Gasteiger partial charge in [0, 0.05) is 20.0 Å². The number of hydrogen-bond acceptors (Lipinski definition) is 2. The van der Waals surface area contributed by atoms with Crippen LogP contribution in [0.4, 0.5) is 0 Å². The lowest BCUT2D eigenvalue weighted by Crippen LogP contribution is -2.32. The molecule has 0 spiro atoms. The van der Waals surface area contributed by atoms with Gasteiger partial charge in [-0.15, -0.1) is 0 Å². The molecule has 1 atom stereocenters. The molecule has 0 aliphatic rings. The van der Waals surface area contributed by atoms with E-state index in [2.05, 4.69) is 0 Å². The van der Waals surface area contributed by atoms with E-state index < -0.39 is 0 Å². The first-order valence-corrected chi connectivity index (χ1v) is 3.87. The van der Waals surface area contributed by atoms with Gasteiger partial charge in [0.1, 0.15) is 12.8 Å². The lowest BCUT2D eigenvalue weighted by Gasteiger charge is -2.18. The zero-order valence-corrected chi connectivity index (χ0v) is 7.70. The third-order valence-electron chi connectivity index (χ3n) is 1.69. The fraction of sp³-hybridized carbons (Fsp3) is 0.875. The van der Waals surface area contributed by atoms with Gasteiger partial charge < -0.3 is 9.94 Å². The lowest BCUT2D eigenvalue weighted by atomic mass is 10.1. The Hall–Kier alpha value is -0.570. The van der Waals surface area contributed by atoms with Crippen molar-refractivity contribution >= 4 is 6.21 Å². The highest BCUT2D eigenvalue weighted by Gasteiger charge is 2.19. The normalized spacial score (nSPS) is 15.5. The van der Waals surface area contributed by atoms with Crippen LogP contribution in [0.1, 0.15) is 20.8 Å². The SMILES string of the molecule is C/C=[N+](\[O-])C(COC)C(C)C. The van der Waals surface area contributed by atoms with Crippen molar-refractivity contribution in [3.63, 3.8) is 0 Å². The van der Waals surface area contributed by atoms with Crippen LogP contribution in [0, 0.1) is 11.1 Å². The van der Waals surface area contributed by atoms with E-state index in [-0.39, 0.29) is 6.04 Å². The summed E-state index contributed by atoms with van der Waals surface area (Å²) < 4.78 is 5.88. The van der Waals surface area contributed by atoms with Crippen LogP contribution in [0.15, 0.2) is 0 Å². The molecule has 0 bridgehead atoms. The molecule has 66 valence electrons. The van der Waals surface area contributed by atoms with E-state index in [1.54, 1.807) is 14.0 Å². The maximum Gasteiger partial charge on any atom is 0.188 e. The van der Waals surface area contributed by atoms with Crippen LogP contribution in [0.25, 0.3) is 0 Å². The third-order valence-corrected chi connectivity index (χ3v) is 1.69. The van der Waals surface area contributed by atoms with Gasteiger partial charge in [-0.3, -0.25) is 0 Å². The van der Waals surface area contributed by atoms with Crippen molar-refractivity contribution in [1.82, 2.24) is 0 Å². The van der Waals surface area contributed by atoms with E-state index in [9.17, 15) is 5.21 Å². The summed E-state index contributed by atoms with van der Waals surface area (Å²) in [5.74, 6) is 0.323. The minimum atomic E-state index is -0.0509. The lowest BCUT2D eigenvalue weighted by molar-refractivity contribution is -0.510. The van der Waals surface area contributed by atoms with Gasteiger partial charge in [0.25, 0.3) is 0 Å². The van der Waals surface area contributed by atoms with Crippen molar-refractivity contribution < 1.29 is 9.48 Å². The summed E-state index contributed by atoms with van der Waals surface area (Å²) in [5, 5.41) is 11.1. The number of nitrogens with zero attached hydrogens (tertiary/aromatic N) is 1. The molecule has 3 heteroatoms. The van der Waals surface area contributed by atoms with Gasteiger partial charge in [-0.1, -0.05) is 13.8 Å². The van der Waals surface area contributed by atoms with Crippen LogP contribution >= 0.6 is 0 Å². The molecule has 0 rings (SSSR count). The summed E-state index contributed by atoms with van der Waals surface area (Å²) in [6, 6.07) is -0.0509. The minimum Gasteiger partial charge on any atom is -0.624 e. The topological polar surface area (TPSA) is 35.3 Å². The summed E-state index contributed by atoms with van der Waals surface area (Å²) in [6.45, 7) is 6.25. The molecule has 3 nitrogen and oxygen atoms in total. The van der Waals surface area contributed by atoms with Gasteiger partial charge >= 0.3 is 0 Å². The molecule has 11 heavy (non-hydrogen) atoms. The van der Waals surface area contributed by atoms with E-state index in [4.69, 9.17) is 4.74 Å². The van der Waals surface area contributed by atoms with Crippen molar-refractivity contribution in [1.29, 1.82) is 0 Å². The third kappa shape index (κ3) is 3.37. The summed E-state index contributed by atoms with van der Waals surface area (Å²) in [6.07, 6.45) is 1.53. The van der Waals surface area contributed by atoms with Gasteiger partial charge in [-0.05, 0) is 0 Å². The Morgan fingerprint density at radius 2 is 2.09 bits per heavy atom. The zero-order chi connectivity index (χ0) is 8.85. The molecule has 0 amide bonds. The molecule has 0 aromatic heterocycles. The van der Waals surface area contributed by atoms with Crippen LogP contribution in [0.5, 0.6) is 0 Å². The van der Waals surface area contributed by atoms with Crippen molar-refractivity contribution in [2.45, 2.75) is 26.8 Å². The molecule has 0 saturated heterocycles. The standard InChI is InChI=1S/C8H17NO2/c1-5-9(10)8(6-11-4)7(2)3/h5,7-8H,6H2,1-4H3/b9-5-. The van der Waals surface area contributed by atoms with Crippen molar-refractivity contribution in [3.8, 4) is 0 Å². The van der Waals surface area contributed by atoms with Crippen LogP contribution in [0.3, 0.4) is 0 Å². The van der Waals surface area contributed by atoms with E-state index in [0.29, 0.717) is 12.5 Å². The molecule has 0 aromatic carbocycles. The maximum absolute atomic E-state index is 11.1. The first-order valence-electron chi connectivity index (χ1n) is 3.87. The first kappa shape index (κ1) is 10.4. The highest BCUT2D eigenvalue weighted by atomic mass is 16.5. The molecule has 0 N–H and O–H groups in total. The van der Waals surface area contributed by atoms with Crippen molar-refractivity contribution in [2.24, 2.45) is 5.92 Å². The molecule has 1 unspecified atom stereocenters. The summed E-state index contributed by atoms with van der Waals surface area (Å²) in [4.78, 5) is 0. The van der Waals surface area contributed by atoms with E-state index >= 15 is 0 Å². The maximum atomic E-state index is 11.1. The molecule has 0 aliphatic heterocycles. The van der Waals surface area contributed by atoms with Gasteiger partial charge in [-0.25, -0.2) is 4.74 Å². The molecule has 0 saturated carbocycles. The molecule has 0 heterocycles.